The molecule has 0 aliphatic carbocycles. The summed E-state index contributed by atoms with van der Waals surface area (Å²) in [5.74, 6) is 0. The Kier molecular flexibility index (Phi) is 9.59. The zero-order chi connectivity index (χ0) is 14.1. The molecule has 0 amide bonds. The SMILES string of the molecule is CCCCC(CC#N)OP(O)N(C(C)C)C(C)C. The molecule has 0 aromatic carbocycles. The van der Waals surface area contributed by atoms with Gasteiger partial charge in [-0.2, -0.15) is 5.26 Å². The lowest BCUT2D eigenvalue weighted by Gasteiger charge is -2.34. The average Bonchev–Trinajstić information content (AvgIpc) is 2.24. The minimum Gasteiger partial charge on any atom is -0.338 e. The predicted molar refractivity (Wildman–Crippen MR) is 75.9 cm³/mol. The summed E-state index contributed by atoms with van der Waals surface area (Å²) in [5, 5.41) is 8.79. The van der Waals surface area contributed by atoms with Crippen LogP contribution in [0.25, 0.3) is 0 Å². The first-order valence-corrected chi connectivity index (χ1v) is 7.91. The Bertz CT molecular complexity index is 246. The van der Waals surface area contributed by atoms with Crippen LogP contribution in [-0.4, -0.2) is 27.8 Å². The van der Waals surface area contributed by atoms with Gasteiger partial charge in [0.15, 0.2) is 0 Å². The van der Waals surface area contributed by atoms with E-state index in [9.17, 15) is 4.89 Å². The molecule has 5 heteroatoms. The Morgan fingerprint density at radius 2 is 1.83 bits per heavy atom. The third-order valence-electron chi connectivity index (χ3n) is 2.70. The van der Waals surface area contributed by atoms with Gasteiger partial charge in [-0.25, -0.2) is 4.67 Å². The first kappa shape index (κ1) is 17.8. The van der Waals surface area contributed by atoms with Crippen molar-refractivity contribution in [1.82, 2.24) is 4.67 Å². The van der Waals surface area contributed by atoms with Crippen molar-refractivity contribution >= 4 is 8.53 Å². The Balaban J connectivity index is 4.45. The summed E-state index contributed by atoms with van der Waals surface area (Å²) in [4.78, 5) is 10.2. The van der Waals surface area contributed by atoms with Crippen LogP contribution in [0.2, 0.25) is 0 Å². The van der Waals surface area contributed by atoms with Gasteiger partial charge in [0, 0.05) is 12.1 Å². The molecule has 0 aliphatic rings. The van der Waals surface area contributed by atoms with Crippen LogP contribution in [0, 0.1) is 11.3 Å². The van der Waals surface area contributed by atoms with Crippen molar-refractivity contribution in [3.63, 3.8) is 0 Å². The van der Waals surface area contributed by atoms with Crippen molar-refractivity contribution < 1.29 is 9.42 Å². The lowest BCUT2D eigenvalue weighted by molar-refractivity contribution is 0.149. The maximum atomic E-state index is 10.2. The van der Waals surface area contributed by atoms with E-state index in [1.165, 1.54) is 0 Å². The van der Waals surface area contributed by atoms with E-state index in [2.05, 4.69) is 13.0 Å². The molecule has 0 aromatic heterocycles. The second kappa shape index (κ2) is 9.69. The van der Waals surface area contributed by atoms with Crippen molar-refractivity contribution in [1.29, 1.82) is 5.26 Å². The summed E-state index contributed by atoms with van der Waals surface area (Å²) in [6, 6.07) is 2.60. The number of hydrogen-bond donors (Lipinski definition) is 1. The van der Waals surface area contributed by atoms with E-state index in [4.69, 9.17) is 9.79 Å². The van der Waals surface area contributed by atoms with E-state index in [1.54, 1.807) is 0 Å². The fraction of sp³-hybridized carbons (Fsp3) is 0.923. The van der Waals surface area contributed by atoms with Crippen molar-refractivity contribution in [2.24, 2.45) is 0 Å². The first-order chi connectivity index (χ1) is 8.43. The Hall–Kier alpha value is -0.200. The van der Waals surface area contributed by atoms with Crippen LogP contribution < -0.4 is 0 Å². The highest BCUT2D eigenvalue weighted by Gasteiger charge is 2.26. The smallest absolute Gasteiger partial charge is 0.256 e. The number of rotatable bonds is 9. The van der Waals surface area contributed by atoms with Crippen molar-refractivity contribution in [3.05, 3.63) is 0 Å². The topological polar surface area (TPSA) is 56.5 Å². The number of unbranched alkanes of at least 4 members (excludes halogenated alkanes) is 1. The van der Waals surface area contributed by atoms with Gasteiger partial charge in [-0.05, 0) is 34.1 Å². The monoisotopic (exact) mass is 274 g/mol. The largest absolute Gasteiger partial charge is 0.338 e. The van der Waals surface area contributed by atoms with Crippen LogP contribution in [0.15, 0.2) is 0 Å². The minimum atomic E-state index is -1.61. The standard InChI is InChI=1S/C13H27N2O2P/c1-6-7-8-13(9-10-14)17-18(16)15(11(2)3)12(4)5/h11-13,16H,6-9H2,1-5H3. The molecule has 1 N–H and O–H groups in total. The van der Waals surface area contributed by atoms with E-state index in [0.29, 0.717) is 6.42 Å². The molecule has 18 heavy (non-hydrogen) atoms. The molecule has 0 aliphatic heterocycles. The molecule has 0 spiro atoms. The summed E-state index contributed by atoms with van der Waals surface area (Å²) in [5.41, 5.74) is 0. The van der Waals surface area contributed by atoms with Crippen LogP contribution in [0.4, 0.5) is 0 Å². The molecule has 0 saturated carbocycles. The minimum absolute atomic E-state index is 0.147. The Labute approximate surface area is 113 Å². The van der Waals surface area contributed by atoms with Gasteiger partial charge in [0.1, 0.15) is 0 Å². The zero-order valence-electron chi connectivity index (χ0n) is 12.3. The van der Waals surface area contributed by atoms with E-state index >= 15 is 0 Å². The van der Waals surface area contributed by atoms with E-state index in [0.717, 1.165) is 19.3 Å². The lowest BCUT2D eigenvalue weighted by atomic mass is 10.1. The molecule has 0 saturated heterocycles. The van der Waals surface area contributed by atoms with Crippen LogP contribution in [-0.2, 0) is 4.52 Å². The second-order valence-electron chi connectivity index (χ2n) is 5.05. The zero-order valence-corrected chi connectivity index (χ0v) is 13.2. The van der Waals surface area contributed by atoms with Crippen LogP contribution >= 0.6 is 8.53 Å². The third-order valence-corrected chi connectivity index (χ3v) is 4.50. The molecule has 2 atom stereocenters. The maximum Gasteiger partial charge on any atom is 0.256 e. The van der Waals surface area contributed by atoms with Crippen molar-refractivity contribution in [2.75, 3.05) is 0 Å². The highest BCUT2D eigenvalue weighted by Crippen LogP contribution is 2.42. The first-order valence-electron chi connectivity index (χ1n) is 6.74. The van der Waals surface area contributed by atoms with Gasteiger partial charge in [0.05, 0.1) is 18.6 Å². The fourth-order valence-electron chi connectivity index (χ4n) is 1.90. The van der Waals surface area contributed by atoms with E-state index in [-0.39, 0.29) is 18.2 Å². The molecule has 4 nitrogen and oxygen atoms in total. The molecule has 0 radical (unpaired) electrons. The highest BCUT2D eigenvalue weighted by atomic mass is 31.2. The number of nitrogens with zero attached hydrogens (tertiary/aromatic N) is 2. The summed E-state index contributed by atoms with van der Waals surface area (Å²) >= 11 is 0. The molecule has 2 unspecified atom stereocenters. The summed E-state index contributed by atoms with van der Waals surface area (Å²) in [6.07, 6.45) is 3.15. The molecule has 0 fully saturated rings. The fourth-order valence-corrected chi connectivity index (χ4v) is 3.25. The molecule has 0 bridgehead atoms. The van der Waals surface area contributed by atoms with Crippen LogP contribution in [0.5, 0.6) is 0 Å². The molecular formula is C13H27N2O2P. The molecular weight excluding hydrogens is 247 g/mol. The highest BCUT2D eigenvalue weighted by molar-refractivity contribution is 7.43. The molecule has 0 aromatic rings. The van der Waals surface area contributed by atoms with E-state index in [1.807, 2.05) is 32.4 Å². The summed E-state index contributed by atoms with van der Waals surface area (Å²) < 4.78 is 7.67. The second-order valence-corrected chi connectivity index (χ2v) is 6.23. The van der Waals surface area contributed by atoms with Crippen LogP contribution in [0.3, 0.4) is 0 Å². The Morgan fingerprint density at radius 3 is 2.22 bits per heavy atom. The molecule has 0 heterocycles. The van der Waals surface area contributed by atoms with Gasteiger partial charge < -0.3 is 9.42 Å². The maximum absolute atomic E-state index is 10.2. The van der Waals surface area contributed by atoms with Gasteiger partial charge in [-0.15, -0.1) is 0 Å². The van der Waals surface area contributed by atoms with Crippen LogP contribution in [0.1, 0.15) is 60.3 Å². The summed E-state index contributed by atoms with van der Waals surface area (Å²) in [6.45, 7) is 10.3. The van der Waals surface area contributed by atoms with E-state index < -0.39 is 8.53 Å². The Morgan fingerprint density at radius 1 is 1.28 bits per heavy atom. The third kappa shape index (κ3) is 6.66. The number of hydrogen-bond acceptors (Lipinski definition) is 4. The average molecular weight is 274 g/mol. The molecule has 106 valence electrons. The van der Waals surface area contributed by atoms with Crippen molar-refractivity contribution in [2.45, 2.75) is 78.5 Å². The number of nitriles is 1. The normalized spacial score (nSPS) is 15.1. The van der Waals surface area contributed by atoms with Gasteiger partial charge in [0.2, 0.25) is 0 Å². The molecule has 0 rings (SSSR count). The quantitative estimate of drug-likeness (QED) is 0.649. The van der Waals surface area contributed by atoms with Gasteiger partial charge >= 0.3 is 0 Å². The van der Waals surface area contributed by atoms with Gasteiger partial charge in [-0.3, -0.25) is 0 Å². The van der Waals surface area contributed by atoms with Gasteiger partial charge in [-0.1, -0.05) is 19.8 Å². The summed E-state index contributed by atoms with van der Waals surface area (Å²) in [7, 11) is -1.61. The van der Waals surface area contributed by atoms with Gasteiger partial charge in [0.25, 0.3) is 8.53 Å². The van der Waals surface area contributed by atoms with Crippen molar-refractivity contribution in [3.8, 4) is 6.07 Å². The lowest BCUT2D eigenvalue weighted by Crippen LogP contribution is -2.33. The predicted octanol–water partition coefficient (Wildman–Crippen LogP) is 3.81.